The van der Waals surface area contributed by atoms with E-state index >= 15 is 0 Å². The summed E-state index contributed by atoms with van der Waals surface area (Å²) in [5.41, 5.74) is 0.459. The van der Waals surface area contributed by atoms with Gasteiger partial charge in [-0.3, -0.25) is 0 Å². The molecule has 0 aliphatic heterocycles. The second kappa shape index (κ2) is 8.64. The Morgan fingerprint density at radius 2 is 1.87 bits per heavy atom. The van der Waals surface area contributed by atoms with Crippen molar-refractivity contribution in [3.8, 4) is 0 Å². The van der Waals surface area contributed by atoms with Gasteiger partial charge in [-0.05, 0) is 19.9 Å². The van der Waals surface area contributed by atoms with E-state index in [2.05, 4.69) is 11.3 Å². The standard InChI is InChI=1S/C10H18O4Si/c1-5-13-10(14-6-2)15-7-8(3)9(11)12-4/h10H,3,5-7H2,1-2,4H3. The van der Waals surface area contributed by atoms with Gasteiger partial charge in [0.15, 0.2) is 0 Å². The van der Waals surface area contributed by atoms with Gasteiger partial charge in [-0.2, -0.15) is 0 Å². The molecule has 0 fully saturated rings. The molecule has 0 saturated heterocycles. The molecule has 0 aromatic carbocycles. The van der Waals surface area contributed by atoms with Gasteiger partial charge in [0.05, 0.1) is 7.11 Å². The molecule has 0 saturated carbocycles. The van der Waals surface area contributed by atoms with Gasteiger partial charge in [-0.25, -0.2) is 4.79 Å². The van der Waals surface area contributed by atoms with Crippen molar-refractivity contribution in [1.29, 1.82) is 0 Å². The van der Waals surface area contributed by atoms with E-state index in [9.17, 15) is 4.79 Å². The van der Waals surface area contributed by atoms with E-state index in [1.54, 1.807) is 0 Å². The van der Waals surface area contributed by atoms with Crippen LogP contribution in [0.3, 0.4) is 0 Å². The molecule has 0 unspecified atom stereocenters. The van der Waals surface area contributed by atoms with Crippen molar-refractivity contribution in [3.63, 3.8) is 0 Å². The van der Waals surface area contributed by atoms with Crippen LogP contribution in [0.25, 0.3) is 0 Å². The summed E-state index contributed by atoms with van der Waals surface area (Å²) < 4.78 is 15.2. The maximum atomic E-state index is 11.0. The van der Waals surface area contributed by atoms with Crippen LogP contribution in [-0.2, 0) is 19.0 Å². The second-order valence-electron chi connectivity index (χ2n) is 2.72. The van der Waals surface area contributed by atoms with Gasteiger partial charge in [0.25, 0.3) is 0 Å². The normalized spacial score (nSPS) is 10.4. The largest absolute Gasteiger partial charge is 0.466 e. The van der Waals surface area contributed by atoms with Crippen LogP contribution in [0.2, 0.25) is 6.04 Å². The summed E-state index contributed by atoms with van der Waals surface area (Å²) in [4.78, 5) is 11.0. The first-order chi connectivity index (χ1) is 7.15. The minimum atomic E-state index is -0.366. The number of hydrogen-bond donors (Lipinski definition) is 0. The molecule has 5 heteroatoms. The van der Waals surface area contributed by atoms with Gasteiger partial charge in [0.2, 0.25) is 0 Å². The topological polar surface area (TPSA) is 44.8 Å². The highest BCUT2D eigenvalue weighted by Gasteiger charge is 2.13. The van der Waals surface area contributed by atoms with Crippen LogP contribution >= 0.6 is 0 Å². The second-order valence-corrected chi connectivity index (χ2v) is 3.95. The summed E-state index contributed by atoms with van der Waals surface area (Å²) in [6.45, 7) is 8.65. The van der Waals surface area contributed by atoms with Crippen molar-refractivity contribution >= 4 is 15.5 Å². The Kier molecular flexibility index (Phi) is 8.26. The van der Waals surface area contributed by atoms with Gasteiger partial charge in [0, 0.05) is 18.8 Å². The number of methoxy groups -OCH3 is 1. The molecule has 0 bridgehead atoms. The minimum Gasteiger partial charge on any atom is -0.466 e. The smallest absolute Gasteiger partial charge is 0.332 e. The molecule has 0 heterocycles. The fourth-order valence-electron chi connectivity index (χ4n) is 0.892. The summed E-state index contributed by atoms with van der Waals surface area (Å²) in [5, 5.41) is 0. The van der Waals surface area contributed by atoms with Crippen molar-refractivity contribution in [2.75, 3.05) is 20.3 Å². The highest BCUT2D eigenvalue weighted by atomic mass is 28.2. The molecule has 15 heavy (non-hydrogen) atoms. The van der Waals surface area contributed by atoms with Crippen LogP contribution in [0.5, 0.6) is 0 Å². The van der Waals surface area contributed by atoms with Gasteiger partial charge in [-0.1, -0.05) is 6.58 Å². The third-order valence-electron chi connectivity index (χ3n) is 1.59. The van der Waals surface area contributed by atoms with Gasteiger partial charge in [0.1, 0.15) is 15.4 Å². The van der Waals surface area contributed by atoms with E-state index in [1.165, 1.54) is 7.11 Å². The highest BCUT2D eigenvalue weighted by Crippen LogP contribution is 2.04. The average molecular weight is 230 g/mol. The van der Waals surface area contributed by atoms with Gasteiger partial charge < -0.3 is 14.2 Å². The summed E-state index contributed by atoms with van der Waals surface area (Å²) in [6.07, 6.45) is 0. The van der Waals surface area contributed by atoms with Crippen LogP contribution in [0, 0.1) is 0 Å². The molecule has 0 amide bonds. The van der Waals surface area contributed by atoms with Crippen LogP contribution in [0.1, 0.15) is 13.8 Å². The predicted molar refractivity (Wildman–Crippen MR) is 58.8 cm³/mol. The van der Waals surface area contributed by atoms with E-state index in [-0.39, 0.29) is 11.9 Å². The van der Waals surface area contributed by atoms with E-state index in [0.29, 0.717) is 34.4 Å². The number of ether oxygens (including phenoxy) is 3. The van der Waals surface area contributed by atoms with Crippen molar-refractivity contribution in [2.45, 2.75) is 25.8 Å². The predicted octanol–water partition coefficient (Wildman–Crippen LogP) is 1.19. The molecule has 0 spiro atoms. The number of hydrogen-bond acceptors (Lipinski definition) is 4. The molecule has 0 rings (SSSR count). The lowest BCUT2D eigenvalue weighted by atomic mass is 10.4. The summed E-state index contributed by atoms with van der Waals surface area (Å²) in [5.74, 6) is -0.601. The van der Waals surface area contributed by atoms with E-state index in [4.69, 9.17) is 9.47 Å². The lowest BCUT2D eigenvalue weighted by Crippen LogP contribution is -2.25. The molecular weight excluding hydrogens is 212 g/mol. The summed E-state index contributed by atoms with van der Waals surface area (Å²) in [7, 11) is 1.71. The van der Waals surface area contributed by atoms with Gasteiger partial charge >= 0.3 is 5.97 Å². The zero-order chi connectivity index (χ0) is 11.7. The minimum absolute atomic E-state index is 0.235. The van der Waals surface area contributed by atoms with Crippen molar-refractivity contribution in [3.05, 3.63) is 12.2 Å². The van der Waals surface area contributed by atoms with Crippen LogP contribution in [0.15, 0.2) is 12.2 Å². The number of rotatable bonds is 8. The zero-order valence-electron chi connectivity index (χ0n) is 9.54. The van der Waals surface area contributed by atoms with Crippen molar-refractivity contribution in [1.82, 2.24) is 0 Å². The Bertz CT molecular complexity index is 200. The van der Waals surface area contributed by atoms with Crippen LogP contribution in [0.4, 0.5) is 0 Å². The quantitative estimate of drug-likeness (QED) is 0.272. The first-order valence-electron chi connectivity index (χ1n) is 4.88. The van der Waals surface area contributed by atoms with E-state index < -0.39 is 0 Å². The van der Waals surface area contributed by atoms with Crippen LogP contribution < -0.4 is 0 Å². The van der Waals surface area contributed by atoms with E-state index in [0.717, 1.165) is 0 Å². The molecule has 0 N–H and O–H groups in total. The highest BCUT2D eigenvalue weighted by molar-refractivity contribution is 6.38. The average Bonchev–Trinajstić information content (AvgIpc) is 2.25. The third kappa shape index (κ3) is 6.43. The molecule has 0 aromatic heterocycles. The number of carbonyl (C=O) groups is 1. The Morgan fingerprint density at radius 1 is 1.33 bits per heavy atom. The molecule has 0 aliphatic carbocycles. The first-order valence-corrected chi connectivity index (χ1v) is 6.16. The maximum absolute atomic E-state index is 11.0. The molecular formula is C10H18O4Si. The summed E-state index contributed by atoms with van der Waals surface area (Å²) >= 11 is 0. The molecule has 86 valence electrons. The molecule has 2 radical (unpaired) electrons. The lowest BCUT2D eigenvalue weighted by molar-refractivity contribution is -0.136. The molecule has 4 nitrogen and oxygen atoms in total. The number of esters is 1. The third-order valence-corrected chi connectivity index (χ3v) is 2.89. The SMILES string of the molecule is C=C(C[Si]C(OCC)OCC)C(=O)OC. The Balaban J connectivity index is 3.87. The number of carbonyl (C=O) groups excluding carboxylic acids is 1. The Morgan fingerprint density at radius 3 is 2.27 bits per heavy atom. The zero-order valence-corrected chi connectivity index (χ0v) is 10.5. The Hall–Kier alpha value is -0.653. The molecule has 0 aliphatic rings. The maximum Gasteiger partial charge on any atom is 0.332 e. The fourth-order valence-corrected chi connectivity index (χ4v) is 2.02. The molecule has 0 atom stereocenters. The Labute approximate surface area is 93.4 Å². The first kappa shape index (κ1) is 14.3. The fraction of sp³-hybridized carbons (Fsp3) is 0.700. The lowest BCUT2D eigenvalue weighted by Gasteiger charge is -2.16. The van der Waals surface area contributed by atoms with Crippen molar-refractivity contribution < 1.29 is 19.0 Å². The summed E-state index contributed by atoms with van der Waals surface area (Å²) in [6, 6.07) is 0.553. The van der Waals surface area contributed by atoms with Crippen LogP contribution in [-0.4, -0.2) is 41.7 Å². The molecule has 0 aromatic rings. The monoisotopic (exact) mass is 230 g/mol. The van der Waals surface area contributed by atoms with E-state index in [1.807, 2.05) is 13.8 Å². The van der Waals surface area contributed by atoms with Crippen molar-refractivity contribution in [2.24, 2.45) is 0 Å². The van der Waals surface area contributed by atoms with Gasteiger partial charge in [-0.15, -0.1) is 0 Å².